The minimum Gasteiger partial charge on any atom is -0.507 e. The van der Waals surface area contributed by atoms with Gasteiger partial charge in [-0.15, -0.1) is 0 Å². The standard InChI is InChI=1S/C16H19FN4O4/c1-9(11-8-10(17)4-5-12(11)22)19-20-13(23)6-7-21-14(24)16(2,3)18-15(21)25/h4-5,8,22H,6-7H2,1-3H3,(H,18,25)(H,20,23)/b19-9+. The Morgan fingerprint density at radius 1 is 1.40 bits per heavy atom. The van der Waals surface area contributed by atoms with Gasteiger partial charge in [-0.1, -0.05) is 0 Å². The minimum absolute atomic E-state index is 0.0836. The van der Waals surface area contributed by atoms with Crippen molar-refractivity contribution in [1.82, 2.24) is 15.6 Å². The Kier molecular flexibility index (Phi) is 5.05. The maximum absolute atomic E-state index is 13.2. The second-order valence-corrected chi connectivity index (χ2v) is 6.16. The molecular formula is C16H19FN4O4. The van der Waals surface area contributed by atoms with Crippen molar-refractivity contribution in [2.45, 2.75) is 32.7 Å². The first kappa shape index (κ1) is 18.4. The predicted molar refractivity (Wildman–Crippen MR) is 87.4 cm³/mol. The molecule has 2 rings (SSSR count). The number of nitrogens with one attached hydrogen (secondary N) is 2. The molecule has 3 N–H and O–H groups in total. The molecule has 0 aliphatic carbocycles. The number of hydrogen-bond donors (Lipinski definition) is 3. The summed E-state index contributed by atoms with van der Waals surface area (Å²) in [4.78, 5) is 36.5. The molecule has 134 valence electrons. The van der Waals surface area contributed by atoms with Crippen LogP contribution in [0.15, 0.2) is 23.3 Å². The van der Waals surface area contributed by atoms with Gasteiger partial charge >= 0.3 is 6.03 Å². The van der Waals surface area contributed by atoms with E-state index in [4.69, 9.17) is 0 Å². The molecule has 4 amide bonds. The minimum atomic E-state index is -0.989. The van der Waals surface area contributed by atoms with Crippen molar-refractivity contribution in [2.75, 3.05) is 6.54 Å². The summed E-state index contributed by atoms with van der Waals surface area (Å²) in [5.74, 6) is -1.65. The van der Waals surface area contributed by atoms with E-state index in [-0.39, 0.29) is 30.0 Å². The number of carbonyl (C=O) groups excluding carboxylic acids is 3. The number of urea groups is 1. The van der Waals surface area contributed by atoms with E-state index in [1.165, 1.54) is 13.0 Å². The summed E-state index contributed by atoms with van der Waals surface area (Å²) >= 11 is 0. The number of carbonyl (C=O) groups is 3. The summed E-state index contributed by atoms with van der Waals surface area (Å²) in [5.41, 5.74) is 1.62. The van der Waals surface area contributed by atoms with Crippen LogP contribution < -0.4 is 10.7 Å². The third kappa shape index (κ3) is 4.11. The molecule has 0 aromatic heterocycles. The summed E-state index contributed by atoms with van der Waals surface area (Å²) in [7, 11) is 0. The first-order chi connectivity index (χ1) is 11.6. The Morgan fingerprint density at radius 3 is 2.68 bits per heavy atom. The molecule has 1 fully saturated rings. The van der Waals surface area contributed by atoms with E-state index in [9.17, 15) is 23.9 Å². The maximum Gasteiger partial charge on any atom is 0.325 e. The topological polar surface area (TPSA) is 111 Å². The van der Waals surface area contributed by atoms with Crippen LogP contribution in [-0.2, 0) is 9.59 Å². The van der Waals surface area contributed by atoms with E-state index in [1.807, 2.05) is 0 Å². The van der Waals surface area contributed by atoms with Crippen molar-refractivity contribution in [3.05, 3.63) is 29.6 Å². The number of hydrazone groups is 1. The molecule has 0 unspecified atom stereocenters. The number of aromatic hydroxyl groups is 1. The van der Waals surface area contributed by atoms with Gasteiger partial charge in [-0.2, -0.15) is 5.10 Å². The lowest BCUT2D eigenvalue weighted by Gasteiger charge is -2.15. The summed E-state index contributed by atoms with van der Waals surface area (Å²) in [6.45, 7) is 4.56. The van der Waals surface area contributed by atoms with Crippen LogP contribution in [0.25, 0.3) is 0 Å². The molecule has 1 aliphatic rings. The third-order valence-corrected chi connectivity index (χ3v) is 3.70. The van der Waals surface area contributed by atoms with Crippen molar-refractivity contribution in [2.24, 2.45) is 5.10 Å². The molecule has 8 nitrogen and oxygen atoms in total. The molecule has 0 saturated carbocycles. The van der Waals surface area contributed by atoms with E-state index < -0.39 is 29.2 Å². The molecule has 0 atom stereocenters. The van der Waals surface area contributed by atoms with Gasteiger partial charge in [-0.3, -0.25) is 14.5 Å². The van der Waals surface area contributed by atoms with Gasteiger partial charge < -0.3 is 10.4 Å². The van der Waals surface area contributed by atoms with Gasteiger partial charge in [0.2, 0.25) is 5.91 Å². The van der Waals surface area contributed by atoms with Gasteiger partial charge in [-0.05, 0) is 39.0 Å². The number of benzene rings is 1. The van der Waals surface area contributed by atoms with Gasteiger partial charge in [0.15, 0.2) is 0 Å². The van der Waals surface area contributed by atoms with E-state index in [2.05, 4.69) is 15.8 Å². The molecule has 1 aromatic rings. The Hall–Kier alpha value is -2.97. The average Bonchev–Trinajstić information content (AvgIpc) is 2.73. The number of phenolic OH excluding ortho intramolecular Hbond substituents is 1. The molecule has 0 bridgehead atoms. The van der Waals surface area contributed by atoms with Gasteiger partial charge in [-0.25, -0.2) is 14.6 Å². The number of halogens is 1. The second kappa shape index (κ2) is 6.88. The molecular weight excluding hydrogens is 331 g/mol. The van der Waals surface area contributed by atoms with Crippen molar-refractivity contribution >= 4 is 23.6 Å². The zero-order valence-corrected chi connectivity index (χ0v) is 14.1. The fourth-order valence-corrected chi connectivity index (χ4v) is 2.29. The predicted octanol–water partition coefficient (Wildman–Crippen LogP) is 1.09. The van der Waals surface area contributed by atoms with Crippen LogP contribution in [0.5, 0.6) is 5.75 Å². The largest absolute Gasteiger partial charge is 0.507 e. The van der Waals surface area contributed by atoms with E-state index in [0.29, 0.717) is 0 Å². The van der Waals surface area contributed by atoms with E-state index in [0.717, 1.165) is 17.0 Å². The molecule has 1 aromatic carbocycles. The van der Waals surface area contributed by atoms with Crippen LogP contribution in [0.2, 0.25) is 0 Å². The van der Waals surface area contributed by atoms with Gasteiger partial charge in [0.05, 0.1) is 5.71 Å². The monoisotopic (exact) mass is 350 g/mol. The molecule has 1 saturated heterocycles. The summed E-state index contributed by atoms with van der Waals surface area (Å²) in [5, 5.41) is 16.0. The van der Waals surface area contributed by atoms with E-state index >= 15 is 0 Å². The SMILES string of the molecule is C/C(=N\NC(=O)CCN1C(=O)NC(C)(C)C1=O)c1cc(F)ccc1O. The molecule has 9 heteroatoms. The highest BCUT2D eigenvalue weighted by Crippen LogP contribution is 2.19. The molecule has 25 heavy (non-hydrogen) atoms. The van der Waals surface area contributed by atoms with Crippen LogP contribution in [0.1, 0.15) is 32.8 Å². The molecule has 1 heterocycles. The average molecular weight is 350 g/mol. The lowest BCUT2D eigenvalue weighted by atomic mass is 10.1. The highest BCUT2D eigenvalue weighted by Gasteiger charge is 2.43. The van der Waals surface area contributed by atoms with Crippen molar-refractivity contribution in [3.63, 3.8) is 0 Å². The first-order valence-corrected chi connectivity index (χ1v) is 7.58. The van der Waals surface area contributed by atoms with Crippen LogP contribution >= 0.6 is 0 Å². The molecule has 0 radical (unpaired) electrons. The lowest BCUT2D eigenvalue weighted by molar-refractivity contribution is -0.130. The van der Waals surface area contributed by atoms with Gasteiger partial charge in [0.25, 0.3) is 5.91 Å². The smallest absolute Gasteiger partial charge is 0.325 e. The number of hydrogen-bond acceptors (Lipinski definition) is 5. The number of nitrogens with zero attached hydrogens (tertiary/aromatic N) is 2. The Balaban J connectivity index is 1.94. The van der Waals surface area contributed by atoms with E-state index in [1.54, 1.807) is 13.8 Å². The summed E-state index contributed by atoms with van der Waals surface area (Å²) in [6, 6.07) is 2.83. The van der Waals surface area contributed by atoms with Gasteiger partial charge in [0, 0.05) is 18.5 Å². The van der Waals surface area contributed by atoms with Crippen molar-refractivity contribution in [1.29, 1.82) is 0 Å². The summed E-state index contributed by atoms with van der Waals surface area (Å²) in [6.07, 6.45) is -0.138. The lowest BCUT2D eigenvalue weighted by Crippen LogP contribution is -2.40. The zero-order valence-electron chi connectivity index (χ0n) is 14.1. The Bertz CT molecular complexity index is 761. The fraction of sp³-hybridized carbons (Fsp3) is 0.375. The van der Waals surface area contributed by atoms with Crippen LogP contribution in [-0.4, -0.2) is 45.6 Å². The highest BCUT2D eigenvalue weighted by molar-refractivity contribution is 6.06. The zero-order chi connectivity index (χ0) is 18.8. The van der Waals surface area contributed by atoms with Crippen molar-refractivity contribution < 1.29 is 23.9 Å². The summed E-state index contributed by atoms with van der Waals surface area (Å²) < 4.78 is 13.2. The van der Waals surface area contributed by atoms with Crippen LogP contribution in [0.4, 0.5) is 9.18 Å². The Morgan fingerprint density at radius 2 is 2.08 bits per heavy atom. The molecule has 1 aliphatic heterocycles. The molecule has 0 spiro atoms. The number of amides is 4. The number of phenols is 1. The number of rotatable bonds is 5. The van der Waals surface area contributed by atoms with Gasteiger partial charge in [0.1, 0.15) is 17.1 Å². The number of imide groups is 1. The third-order valence-electron chi connectivity index (χ3n) is 3.70. The maximum atomic E-state index is 13.2. The highest BCUT2D eigenvalue weighted by atomic mass is 19.1. The van der Waals surface area contributed by atoms with Crippen LogP contribution in [0, 0.1) is 5.82 Å². The quantitative estimate of drug-likeness (QED) is 0.419. The fourth-order valence-electron chi connectivity index (χ4n) is 2.29. The van der Waals surface area contributed by atoms with Crippen LogP contribution in [0.3, 0.4) is 0 Å². The Labute approximate surface area is 143 Å². The normalized spacial score (nSPS) is 16.8. The first-order valence-electron chi connectivity index (χ1n) is 7.58. The second-order valence-electron chi connectivity index (χ2n) is 6.16. The van der Waals surface area contributed by atoms with Crippen molar-refractivity contribution in [3.8, 4) is 5.75 Å².